The smallest absolute Gasteiger partial charge is 0.175 e. The van der Waals surface area contributed by atoms with Crippen LogP contribution in [0.3, 0.4) is 0 Å². The summed E-state index contributed by atoms with van der Waals surface area (Å²) >= 11 is 0. The van der Waals surface area contributed by atoms with E-state index in [0.29, 0.717) is 29.3 Å². The Hall–Kier alpha value is -2.62. The zero-order chi connectivity index (χ0) is 23.0. The maximum atomic E-state index is 13.4. The van der Waals surface area contributed by atoms with Gasteiger partial charge in [-0.05, 0) is 49.2 Å². The van der Waals surface area contributed by atoms with Crippen LogP contribution in [0.25, 0.3) is 10.9 Å². The molecule has 7 nitrogen and oxygen atoms in total. The molecule has 0 saturated heterocycles. The van der Waals surface area contributed by atoms with Crippen LogP contribution in [0.4, 0.5) is 10.2 Å². The van der Waals surface area contributed by atoms with Gasteiger partial charge in [-0.2, -0.15) is 0 Å². The minimum atomic E-state index is -3.20. The van der Waals surface area contributed by atoms with E-state index in [2.05, 4.69) is 20.2 Å². The maximum absolute atomic E-state index is 13.4. The maximum Gasteiger partial charge on any atom is 0.175 e. The van der Waals surface area contributed by atoms with Crippen LogP contribution in [-0.2, 0) is 16.4 Å². The molecule has 0 bridgehead atoms. The standard InChI is InChI=1S/C23H29FN4O3S/c1-32(30,31)20-8-5-18(6-9-20)16-28(13-14-29)12-4-2-3-11-25-23-21-10-7-19(24)15-22(21)26-17-27-23/h5-10,15,17,29H,2-4,11-14,16H2,1H3,(H,25,26,27). The summed E-state index contributed by atoms with van der Waals surface area (Å²) in [4.78, 5) is 10.8. The first kappa shape index (κ1) is 24.0. The molecule has 172 valence electrons. The average molecular weight is 461 g/mol. The monoisotopic (exact) mass is 460 g/mol. The number of hydrogen-bond donors (Lipinski definition) is 2. The summed E-state index contributed by atoms with van der Waals surface area (Å²) in [5.74, 6) is 0.385. The summed E-state index contributed by atoms with van der Waals surface area (Å²) in [5.41, 5.74) is 1.59. The number of fused-ring (bicyclic) bond motifs is 1. The van der Waals surface area contributed by atoms with Crippen LogP contribution >= 0.6 is 0 Å². The zero-order valence-electron chi connectivity index (χ0n) is 18.2. The summed E-state index contributed by atoms with van der Waals surface area (Å²) in [6.45, 7) is 2.88. The van der Waals surface area contributed by atoms with Gasteiger partial charge in [-0.15, -0.1) is 0 Å². The molecule has 0 radical (unpaired) electrons. The molecular weight excluding hydrogens is 431 g/mol. The number of aliphatic hydroxyl groups is 1. The van der Waals surface area contributed by atoms with Crippen LogP contribution in [0.15, 0.2) is 53.7 Å². The normalized spacial score (nSPS) is 11.9. The lowest BCUT2D eigenvalue weighted by Gasteiger charge is -2.21. The Morgan fingerprint density at radius 2 is 1.81 bits per heavy atom. The fourth-order valence-electron chi connectivity index (χ4n) is 3.53. The number of rotatable bonds is 12. The van der Waals surface area contributed by atoms with Crippen molar-refractivity contribution in [2.24, 2.45) is 0 Å². The number of aliphatic hydroxyl groups excluding tert-OH is 1. The second kappa shape index (κ2) is 11.3. The molecule has 0 aliphatic rings. The van der Waals surface area contributed by atoms with Crippen LogP contribution in [-0.4, -0.2) is 60.9 Å². The van der Waals surface area contributed by atoms with Gasteiger partial charge in [-0.1, -0.05) is 18.6 Å². The SMILES string of the molecule is CS(=O)(=O)c1ccc(CN(CCO)CCCCCNc2ncnc3cc(F)ccc23)cc1. The van der Waals surface area contributed by atoms with Crippen molar-refractivity contribution in [1.29, 1.82) is 0 Å². The summed E-state index contributed by atoms with van der Waals surface area (Å²) in [6.07, 6.45) is 5.54. The second-order valence-electron chi connectivity index (χ2n) is 7.79. The first-order chi connectivity index (χ1) is 15.4. The van der Waals surface area contributed by atoms with Gasteiger partial charge in [0.25, 0.3) is 0 Å². The summed E-state index contributed by atoms with van der Waals surface area (Å²) < 4.78 is 36.5. The van der Waals surface area contributed by atoms with Crippen molar-refractivity contribution in [3.8, 4) is 0 Å². The molecule has 0 atom stereocenters. The Labute approximate surface area is 188 Å². The van der Waals surface area contributed by atoms with Crippen molar-refractivity contribution < 1.29 is 17.9 Å². The predicted octanol–water partition coefficient (Wildman–Crippen LogP) is 3.25. The van der Waals surface area contributed by atoms with Crippen LogP contribution in [0, 0.1) is 5.82 Å². The van der Waals surface area contributed by atoms with Crippen LogP contribution in [0.1, 0.15) is 24.8 Å². The Kier molecular flexibility index (Phi) is 8.49. The molecule has 2 aromatic carbocycles. The number of anilines is 1. The lowest BCUT2D eigenvalue weighted by molar-refractivity contribution is 0.187. The highest BCUT2D eigenvalue weighted by atomic mass is 32.2. The van der Waals surface area contributed by atoms with E-state index < -0.39 is 9.84 Å². The van der Waals surface area contributed by atoms with Gasteiger partial charge in [0.15, 0.2) is 9.84 Å². The third-order valence-electron chi connectivity index (χ3n) is 5.22. The minimum absolute atomic E-state index is 0.0738. The van der Waals surface area contributed by atoms with Crippen molar-refractivity contribution >= 4 is 26.6 Å². The molecule has 2 N–H and O–H groups in total. The quantitative estimate of drug-likeness (QED) is 0.401. The molecule has 0 unspecified atom stereocenters. The number of hydrogen-bond acceptors (Lipinski definition) is 7. The van der Waals surface area contributed by atoms with Crippen molar-refractivity contribution in [3.05, 3.63) is 60.2 Å². The van der Waals surface area contributed by atoms with Crippen molar-refractivity contribution in [3.63, 3.8) is 0 Å². The molecule has 1 heterocycles. The first-order valence-corrected chi connectivity index (χ1v) is 12.5. The summed E-state index contributed by atoms with van der Waals surface area (Å²) in [7, 11) is -3.20. The third-order valence-corrected chi connectivity index (χ3v) is 6.34. The number of halogens is 1. The van der Waals surface area contributed by atoms with Crippen molar-refractivity contribution in [2.45, 2.75) is 30.7 Å². The van der Waals surface area contributed by atoms with Gasteiger partial charge >= 0.3 is 0 Å². The number of aromatic nitrogens is 2. The third kappa shape index (κ3) is 6.94. The Morgan fingerprint density at radius 1 is 1.03 bits per heavy atom. The molecule has 0 saturated carbocycles. The van der Waals surface area contributed by atoms with E-state index >= 15 is 0 Å². The number of nitrogens with one attached hydrogen (secondary N) is 1. The number of unbranched alkanes of at least 4 members (excludes halogenated alkanes) is 2. The van der Waals surface area contributed by atoms with Crippen molar-refractivity contribution in [1.82, 2.24) is 14.9 Å². The number of benzene rings is 2. The van der Waals surface area contributed by atoms with Gasteiger partial charge < -0.3 is 10.4 Å². The van der Waals surface area contributed by atoms with Gasteiger partial charge in [0, 0.05) is 37.3 Å². The van der Waals surface area contributed by atoms with Gasteiger partial charge in [0.2, 0.25) is 0 Å². The van der Waals surface area contributed by atoms with Crippen LogP contribution < -0.4 is 5.32 Å². The van der Waals surface area contributed by atoms with Gasteiger partial charge in [-0.25, -0.2) is 22.8 Å². The number of nitrogens with zero attached hydrogens (tertiary/aromatic N) is 3. The van der Waals surface area contributed by atoms with Gasteiger partial charge in [0.05, 0.1) is 17.0 Å². The molecule has 3 aromatic rings. The highest BCUT2D eigenvalue weighted by Crippen LogP contribution is 2.20. The molecule has 3 rings (SSSR count). The number of sulfone groups is 1. The zero-order valence-corrected chi connectivity index (χ0v) is 19.0. The molecule has 32 heavy (non-hydrogen) atoms. The van der Waals surface area contributed by atoms with E-state index in [-0.39, 0.29) is 12.4 Å². The van der Waals surface area contributed by atoms with Crippen LogP contribution in [0.2, 0.25) is 0 Å². The largest absolute Gasteiger partial charge is 0.395 e. The second-order valence-corrected chi connectivity index (χ2v) is 9.80. The molecule has 0 fully saturated rings. The summed E-state index contributed by atoms with van der Waals surface area (Å²) in [5, 5.41) is 13.5. The van der Waals surface area contributed by atoms with Gasteiger partial charge in [0.1, 0.15) is 18.0 Å². The predicted molar refractivity (Wildman–Crippen MR) is 124 cm³/mol. The molecule has 0 aliphatic carbocycles. The van der Waals surface area contributed by atoms with E-state index in [9.17, 15) is 17.9 Å². The van der Waals surface area contributed by atoms with E-state index in [1.54, 1.807) is 18.2 Å². The highest BCUT2D eigenvalue weighted by Gasteiger charge is 2.09. The van der Waals surface area contributed by atoms with Gasteiger partial charge in [-0.3, -0.25) is 4.90 Å². The lowest BCUT2D eigenvalue weighted by atomic mass is 10.2. The Bertz CT molecular complexity index is 1120. The summed E-state index contributed by atoms with van der Waals surface area (Å²) in [6, 6.07) is 11.4. The molecular formula is C23H29FN4O3S. The first-order valence-electron chi connectivity index (χ1n) is 10.6. The molecule has 0 spiro atoms. The molecule has 1 aromatic heterocycles. The molecule has 9 heteroatoms. The topological polar surface area (TPSA) is 95.4 Å². The fourth-order valence-corrected chi connectivity index (χ4v) is 4.16. The van der Waals surface area contributed by atoms with E-state index in [1.165, 1.54) is 24.7 Å². The Balaban J connectivity index is 1.43. The lowest BCUT2D eigenvalue weighted by Crippen LogP contribution is -2.27. The highest BCUT2D eigenvalue weighted by molar-refractivity contribution is 7.90. The van der Waals surface area contributed by atoms with Crippen LogP contribution in [0.5, 0.6) is 0 Å². The average Bonchev–Trinajstić information content (AvgIpc) is 2.75. The Morgan fingerprint density at radius 3 is 2.53 bits per heavy atom. The minimum Gasteiger partial charge on any atom is -0.395 e. The molecule has 0 amide bonds. The fraction of sp³-hybridized carbons (Fsp3) is 0.391. The molecule has 0 aliphatic heterocycles. The van der Waals surface area contributed by atoms with Crippen molar-refractivity contribution in [2.75, 3.05) is 37.8 Å². The van der Waals surface area contributed by atoms with E-state index in [1.807, 2.05) is 12.1 Å². The van der Waals surface area contributed by atoms with E-state index in [0.717, 1.165) is 43.3 Å². The van der Waals surface area contributed by atoms with E-state index in [4.69, 9.17) is 0 Å².